The van der Waals surface area contributed by atoms with Crippen molar-refractivity contribution in [3.63, 3.8) is 0 Å². The Morgan fingerprint density at radius 3 is 1.09 bits per heavy atom. The lowest BCUT2D eigenvalue weighted by molar-refractivity contribution is 0.0954. The van der Waals surface area contributed by atoms with Crippen molar-refractivity contribution in [3.8, 4) is 0 Å². The number of hydrazone groups is 2. The number of amides is 2. The Hall–Kier alpha value is -6.52. The zero-order valence-corrected chi connectivity index (χ0v) is 31.5. The van der Waals surface area contributed by atoms with E-state index in [0.29, 0.717) is 0 Å². The van der Waals surface area contributed by atoms with E-state index >= 15 is 0 Å². The van der Waals surface area contributed by atoms with Crippen LogP contribution in [0, 0.1) is 0 Å². The van der Waals surface area contributed by atoms with Crippen LogP contribution in [0.3, 0.4) is 0 Å². The molecule has 9 heteroatoms. The standard InChI is InChI=1S/C46H37N5O2P2/c47-38-30-36(45(52)50-48-32-34-17-13-15-27-43(34)54(39-19-5-1-6-20-39)40-21-7-2-8-22-40)29-37(31-38)46(53)51-49-33-35-18-14-16-28-44(35)55(41-23-9-3-10-24-41)42-25-11-4-12-26-42/h1-33H,47H2,(H,50,52)(H,51,53)/b48-32+,49-33+. The summed E-state index contributed by atoms with van der Waals surface area (Å²) in [6.07, 6.45) is 3.31. The third kappa shape index (κ3) is 9.17. The van der Waals surface area contributed by atoms with E-state index in [1.54, 1.807) is 12.4 Å². The lowest BCUT2D eigenvalue weighted by Crippen LogP contribution is -2.24. The molecule has 0 aliphatic carbocycles. The molecule has 0 aliphatic rings. The van der Waals surface area contributed by atoms with Crippen molar-refractivity contribution < 1.29 is 9.59 Å². The summed E-state index contributed by atoms with van der Waals surface area (Å²) in [7, 11) is -1.76. The third-order valence-corrected chi connectivity index (χ3v) is 13.7. The molecule has 0 fully saturated rings. The zero-order chi connectivity index (χ0) is 37.8. The molecule has 55 heavy (non-hydrogen) atoms. The topological polar surface area (TPSA) is 109 Å². The normalized spacial score (nSPS) is 11.3. The van der Waals surface area contributed by atoms with Crippen molar-refractivity contribution in [2.45, 2.75) is 0 Å². The van der Waals surface area contributed by atoms with Gasteiger partial charge in [0, 0.05) is 27.9 Å². The quantitative estimate of drug-likeness (QED) is 0.0589. The van der Waals surface area contributed by atoms with Gasteiger partial charge in [0.15, 0.2) is 0 Å². The number of benzene rings is 7. The van der Waals surface area contributed by atoms with Gasteiger partial charge in [-0.1, -0.05) is 170 Å². The molecule has 7 aromatic carbocycles. The first kappa shape index (κ1) is 36.8. The van der Waals surface area contributed by atoms with Crippen molar-refractivity contribution in [1.82, 2.24) is 10.9 Å². The molecule has 0 saturated heterocycles. The molecule has 0 bridgehead atoms. The van der Waals surface area contributed by atoms with E-state index in [1.165, 1.54) is 39.4 Å². The molecule has 0 radical (unpaired) electrons. The molecule has 4 N–H and O–H groups in total. The zero-order valence-electron chi connectivity index (χ0n) is 29.7. The molecule has 268 valence electrons. The van der Waals surface area contributed by atoms with E-state index in [2.05, 4.69) is 81.7 Å². The minimum atomic E-state index is -0.881. The van der Waals surface area contributed by atoms with E-state index in [1.807, 2.05) is 109 Å². The van der Waals surface area contributed by atoms with Gasteiger partial charge in [-0.05, 0) is 65.9 Å². The Bertz CT molecular complexity index is 2200. The Labute approximate surface area is 323 Å². The smallest absolute Gasteiger partial charge is 0.271 e. The predicted molar refractivity (Wildman–Crippen MR) is 231 cm³/mol. The first-order valence-electron chi connectivity index (χ1n) is 17.6. The molecule has 0 atom stereocenters. The summed E-state index contributed by atoms with van der Waals surface area (Å²) in [5.74, 6) is -1.01. The molecule has 0 saturated carbocycles. The molecule has 0 spiro atoms. The van der Waals surface area contributed by atoms with Gasteiger partial charge in [0.1, 0.15) is 0 Å². The lowest BCUT2D eigenvalue weighted by Gasteiger charge is -2.21. The third-order valence-electron chi connectivity index (χ3n) is 8.63. The van der Waals surface area contributed by atoms with E-state index in [-0.39, 0.29) is 16.8 Å². The van der Waals surface area contributed by atoms with Gasteiger partial charge in [0.25, 0.3) is 11.8 Å². The fourth-order valence-electron chi connectivity index (χ4n) is 6.13. The fourth-order valence-corrected chi connectivity index (χ4v) is 11.0. The maximum Gasteiger partial charge on any atom is 0.271 e. The number of carbonyl (C=O) groups excluding carboxylic acids is 2. The number of rotatable bonds is 12. The van der Waals surface area contributed by atoms with Crippen LogP contribution in [0.1, 0.15) is 31.8 Å². The summed E-state index contributed by atoms with van der Waals surface area (Å²) in [5, 5.41) is 15.7. The van der Waals surface area contributed by atoms with Crippen molar-refractivity contribution in [1.29, 1.82) is 0 Å². The van der Waals surface area contributed by atoms with Crippen LogP contribution in [0.15, 0.2) is 198 Å². The minimum Gasteiger partial charge on any atom is -0.399 e. The highest BCUT2D eigenvalue weighted by Gasteiger charge is 2.20. The molecule has 7 rings (SSSR count). The van der Waals surface area contributed by atoms with Gasteiger partial charge in [0.2, 0.25) is 0 Å². The largest absolute Gasteiger partial charge is 0.399 e. The first-order chi connectivity index (χ1) is 27.0. The molecule has 0 aliphatic heterocycles. The van der Waals surface area contributed by atoms with E-state index in [0.717, 1.165) is 21.7 Å². The van der Waals surface area contributed by atoms with Gasteiger partial charge in [-0.15, -0.1) is 0 Å². The number of nitrogens with zero attached hydrogens (tertiary/aromatic N) is 2. The van der Waals surface area contributed by atoms with E-state index < -0.39 is 27.7 Å². The van der Waals surface area contributed by atoms with Crippen LogP contribution in [-0.4, -0.2) is 24.2 Å². The van der Waals surface area contributed by atoms with Gasteiger partial charge >= 0.3 is 0 Å². The number of nitrogens with one attached hydrogen (secondary N) is 2. The van der Waals surface area contributed by atoms with Crippen LogP contribution in [0.4, 0.5) is 5.69 Å². The highest BCUT2D eigenvalue weighted by Crippen LogP contribution is 2.34. The van der Waals surface area contributed by atoms with Crippen molar-refractivity contribution in [2.75, 3.05) is 5.73 Å². The van der Waals surface area contributed by atoms with Gasteiger partial charge in [0.05, 0.1) is 12.4 Å². The molecule has 7 nitrogen and oxygen atoms in total. The van der Waals surface area contributed by atoms with E-state index in [4.69, 9.17) is 5.73 Å². The van der Waals surface area contributed by atoms with Crippen LogP contribution in [0.2, 0.25) is 0 Å². The summed E-state index contributed by atoms with van der Waals surface area (Å²) in [6, 6.07) is 62.1. The van der Waals surface area contributed by atoms with Crippen LogP contribution < -0.4 is 48.4 Å². The molecule has 7 aromatic rings. The van der Waals surface area contributed by atoms with Crippen molar-refractivity contribution >= 4 is 77.6 Å². The highest BCUT2D eigenvalue weighted by atomic mass is 31.1. The van der Waals surface area contributed by atoms with Crippen LogP contribution in [0.25, 0.3) is 0 Å². The predicted octanol–water partition coefficient (Wildman–Crippen LogP) is 6.31. The Morgan fingerprint density at radius 1 is 0.436 bits per heavy atom. The molecule has 0 unspecified atom stereocenters. The molecular weight excluding hydrogens is 716 g/mol. The average Bonchev–Trinajstić information content (AvgIpc) is 3.23. The summed E-state index contributed by atoms with van der Waals surface area (Å²) < 4.78 is 0. The second-order valence-corrected chi connectivity index (χ2v) is 16.7. The summed E-state index contributed by atoms with van der Waals surface area (Å²) in [4.78, 5) is 26.6. The van der Waals surface area contributed by atoms with Crippen LogP contribution in [0.5, 0.6) is 0 Å². The molecular formula is C46H37N5O2P2. The second kappa shape index (κ2) is 18.0. The first-order valence-corrected chi connectivity index (χ1v) is 20.3. The Kier molecular flexibility index (Phi) is 12.1. The van der Waals surface area contributed by atoms with Crippen molar-refractivity contribution in [3.05, 3.63) is 210 Å². The monoisotopic (exact) mass is 753 g/mol. The summed E-state index contributed by atoms with van der Waals surface area (Å²) in [5.41, 5.74) is 13.8. The lowest BCUT2D eigenvalue weighted by atomic mass is 10.1. The fraction of sp³-hybridized carbons (Fsp3) is 0. The maximum atomic E-state index is 13.3. The number of hydrogen-bond donors (Lipinski definition) is 3. The number of hydrogen-bond acceptors (Lipinski definition) is 5. The Morgan fingerprint density at radius 2 is 0.745 bits per heavy atom. The highest BCUT2D eigenvalue weighted by molar-refractivity contribution is 7.80. The summed E-state index contributed by atoms with van der Waals surface area (Å²) >= 11 is 0. The van der Waals surface area contributed by atoms with Gasteiger partial charge in [-0.2, -0.15) is 10.2 Å². The van der Waals surface area contributed by atoms with Crippen LogP contribution in [-0.2, 0) is 0 Å². The number of nitrogens with two attached hydrogens (primary N) is 1. The minimum absolute atomic E-state index is 0.192. The Balaban J connectivity index is 1.07. The molecule has 0 aromatic heterocycles. The summed E-state index contributed by atoms with van der Waals surface area (Å²) in [6.45, 7) is 0. The maximum absolute atomic E-state index is 13.3. The number of anilines is 1. The van der Waals surface area contributed by atoms with Crippen LogP contribution >= 0.6 is 15.8 Å². The van der Waals surface area contributed by atoms with Gasteiger partial charge in [-0.3, -0.25) is 9.59 Å². The second-order valence-electron chi connectivity index (χ2n) is 12.4. The molecule has 0 heterocycles. The van der Waals surface area contributed by atoms with Crippen molar-refractivity contribution in [2.24, 2.45) is 10.2 Å². The average molecular weight is 754 g/mol. The SMILES string of the molecule is Nc1cc(C(=O)N/N=C/c2ccccc2P(c2ccccc2)c2ccccc2)cc(C(=O)N/N=C/c2ccccc2P(c2ccccc2)c2ccccc2)c1. The van der Waals surface area contributed by atoms with Gasteiger partial charge in [-0.25, -0.2) is 10.9 Å². The van der Waals surface area contributed by atoms with E-state index in [9.17, 15) is 9.59 Å². The molecule has 2 amide bonds. The number of nitrogen functional groups attached to an aromatic ring is 1. The van der Waals surface area contributed by atoms with Gasteiger partial charge < -0.3 is 5.73 Å². The number of carbonyl (C=O) groups is 2.